The maximum Gasteiger partial charge on any atom is 0.274 e. The van der Waals surface area contributed by atoms with Crippen LogP contribution in [0.3, 0.4) is 0 Å². The van der Waals surface area contributed by atoms with Crippen molar-refractivity contribution in [2.45, 2.75) is 38.8 Å². The molecule has 1 unspecified atom stereocenters. The summed E-state index contributed by atoms with van der Waals surface area (Å²) in [6.45, 7) is 5.28. The molecule has 0 bridgehead atoms. The number of aryl methyl sites for hydroxylation is 1. The number of aromatic nitrogens is 2. The molecule has 1 atom stereocenters. The van der Waals surface area contributed by atoms with E-state index in [4.69, 9.17) is 4.74 Å². The first-order chi connectivity index (χ1) is 15.9. The highest BCUT2D eigenvalue weighted by Crippen LogP contribution is 2.16. The van der Waals surface area contributed by atoms with Crippen molar-refractivity contribution < 1.29 is 14.3 Å². The lowest BCUT2D eigenvalue weighted by molar-refractivity contribution is -0.132. The lowest BCUT2D eigenvalue weighted by atomic mass is 10.2. The van der Waals surface area contributed by atoms with Gasteiger partial charge in [-0.25, -0.2) is 4.98 Å². The molecule has 2 heterocycles. The van der Waals surface area contributed by atoms with E-state index in [-0.39, 0.29) is 24.3 Å². The fourth-order valence-electron chi connectivity index (χ4n) is 3.78. The molecule has 0 radical (unpaired) electrons. The van der Waals surface area contributed by atoms with Crippen LogP contribution in [0.5, 0.6) is 0 Å². The Labute approximate surface area is 196 Å². The molecule has 2 amide bonds. The van der Waals surface area contributed by atoms with Crippen molar-refractivity contribution in [2.75, 3.05) is 46.9 Å². The molecule has 1 saturated heterocycles. The average molecular weight is 454 g/mol. The Morgan fingerprint density at radius 3 is 2.45 bits per heavy atom. The number of likely N-dealkylation sites (N-methyl/N-ethyl adjacent to an activating group) is 1. The second-order valence-electron chi connectivity index (χ2n) is 8.78. The fraction of sp³-hybridized carbons (Fsp3) is 0.520. The number of carbonyl (C=O) groups is 2. The number of carbonyl (C=O) groups excluding carboxylic acids is 2. The van der Waals surface area contributed by atoms with Gasteiger partial charge in [0.1, 0.15) is 5.69 Å². The highest BCUT2D eigenvalue weighted by Gasteiger charge is 2.26. The summed E-state index contributed by atoms with van der Waals surface area (Å²) in [5, 5.41) is 0. The van der Waals surface area contributed by atoms with Crippen LogP contribution in [0.25, 0.3) is 0 Å². The third-order valence-electron chi connectivity index (χ3n) is 5.72. The van der Waals surface area contributed by atoms with E-state index in [0.29, 0.717) is 38.5 Å². The van der Waals surface area contributed by atoms with E-state index in [9.17, 15) is 9.59 Å². The quantitative estimate of drug-likeness (QED) is 0.520. The molecule has 1 aromatic carbocycles. The Morgan fingerprint density at radius 2 is 1.82 bits per heavy atom. The summed E-state index contributed by atoms with van der Waals surface area (Å²) in [6, 6.07) is 9.99. The summed E-state index contributed by atoms with van der Waals surface area (Å²) in [7, 11) is 3.99. The molecule has 0 saturated carbocycles. The predicted molar refractivity (Wildman–Crippen MR) is 127 cm³/mol. The van der Waals surface area contributed by atoms with Gasteiger partial charge in [0.15, 0.2) is 0 Å². The largest absolute Gasteiger partial charge is 0.376 e. The number of ether oxygens (including phenoxy) is 1. The topological polar surface area (TPSA) is 78.9 Å². The van der Waals surface area contributed by atoms with Crippen molar-refractivity contribution in [3.8, 4) is 0 Å². The van der Waals surface area contributed by atoms with Crippen molar-refractivity contribution >= 4 is 11.8 Å². The van der Waals surface area contributed by atoms with Crippen LogP contribution in [0, 0.1) is 6.92 Å². The number of rotatable bonds is 11. The molecule has 8 nitrogen and oxygen atoms in total. The maximum atomic E-state index is 13.2. The first-order valence-corrected chi connectivity index (χ1v) is 11.6. The minimum atomic E-state index is -0.214. The molecular weight excluding hydrogens is 418 g/mol. The van der Waals surface area contributed by atoms with E-state index in [1.54, 1.807) is 11.1 Å². The van der Waals surface area contributed by atoms with Gasteiger partial charge in [0.05, 0.1) is 18.0 Å². The summed E-state index contributed by atoms with van der Waals surface area (Å²) in [6.07, 6.45) is 5.24. The van der Waals surface area contributed by atoms with Crippen molar-refractivity contribution in [2.24, 2.45) is 0 Å². The number of hydrogen-bond donors (Lipinski definition) is 0. The zero-order valence-corrected chi connectivity index (χ0v) is 19.9. The molecule has 1 aliphatic rings. The summed E-state index contributed by atoms with van der Waals surface area (Å²) in [4.78, 5) is 40.5. The molecule has 1 aliphatic heterocycles. The molecule has 2 aromatic rings. The standard InChI is InChI=1S/C25H35N5O3/c1-20-16-27-23(17-26-20)25(32)30(19-22-10-7-15-33-22)12-11-24(31)29(14-13-28(2)3)18-21-8-5-4-6-9-21/h4-6,8-9,16-17,22H,7,10-15,18-19H2,1-3H3. The van der Waals surface area contributed by atoms with Gasteiger partial charge in [-0.15, -0.1) is 0 Å². The Kier molecular flexibility index (Phi) is 9.33. The second kappa shape index (κ2) is 12.4. The predicted octanol–water partition coefficient (Wildman–Crippen LogP) is 2.39. The molecule has 33 heavy (non-hydrogen) atoms. The van der Waals surface area contributed by atoms with Crippen LogP contribution in [-0.2, 0) is 16.1 Å². The van der Waals surface area contributed by atoms with Gasteiger partial charge in [0, 0.05) is 51.9 Å². The zero-order chi connectivity index (χ0) is 23.6. The van der Waals surface area contributed by atoms with Gasteiger partial charge in [-0.3, -0.25) is 14.6 Å². The lowest BCUT2D eigenvalue weighted by Gasteiger charge is -2.28. The number of nitrogens with zero attached hydrogens (tertiary/aromatic N) is 5. The smallest absolute Gasteiger partial charge is 0.274 e. The molecule has 178 valence electrons. The maximum absolute atomic E-state index is 13.2. The molecule has 1 aromatic heterocycles. The van der Waals surface area contributed by atoms with E-state index in [2.05, 4.69) is 14.9 Å². The Balaban J connectivity index is 1.68. The van der Waals surface area contributed by atoms with Crippen molar-refractivity contribution in [3.05, 3.63) is 59.7 Å². The van der Waals surface area contributed by atoms with Crippen LogP contribution in [0.4, 0.5) is 0 Å². The van der Waals surface area contributed by atoms with E-state index < -0.39 is 0 Å². The molecule has 8 heteroatoms. The minimum absolute atomic E-state index is 0.00313. The molecule has 3 rings (SSSR count). The Bertz CT molecular complexity index is 883. The lowest BCUT2D eigenvalue weighted by Crippen LogP contribution is -2.42. The minimum Gasteiger partial charge on any atom is -0.376 e. The van der Waals surface area contributed by atoms with Crippen LogP contribution in [0.2, 0.25) is 0 Å². The Morgan fingerprint density at radius 1 is 1.03 bits per heavy atom. The van der Waals surface area contributed by atoms with Crippen LogP contribution in [0.15, 0.2) is 42.7 Å². The fourth-order valence-corrected chi connectivity index (χ4v) is 3.78. The van der Waals surface area contributed by atoms with E-state index in [0.717, 1.165) is 30.6 Å². The van der Waals surface area contributed by atoms with E-state index >= 15 is 0 Å². The molecule has 1 fully saturated rings. The van der Waals surface area contributed by atoms with Crippen molar-refractivity contribution in [1.82, 2.24) is 24.7 Å². The summed E-state index contributed by atoms with van der Waals surface area (Å²) in [5.74, 6) is -0.186. The van der Waals surface area contributed by atoms with Crippen molar-refractivity contribution in [1.29, 1.82) is 0 Å². The average Bonchev–Trinajstić information content (AvgIpc) is 3.33. The van der Waals surface area contributed by atoms with Gasteiger partial charge in [-0.1, -0.05) is 30.3 Å². The number of hydrogen-bond acceptors (Lipinski definition) is 6. The van der Waals surface area contributed by atoms with E-state index in [1.165, 1.54) is 6.20 Å². The highest BCUT2D eigenvalue weighted by atomic mass is 16.5. The SMILES string of the molecule is Cc1cnc(C(=O)N(CCC(=O)N(CCN(C)C)Cc2ccccc2)CC2CCCO2)cn1. The van der Waals surface area contributed by atoms with Gasteiger partial charge >= 0.3 is 0 Å². The summed E-state index contributed by atoms with van der Waals surface area (Å²) >= 11 is 0. The highest BCUT2D eigenvalue weighted by molar-refractivity contribution is 5.92. The van der Waals surface area contributed by atoms with Crippen LogP contribution in [-0.4, -0.2) is 89.5 Å². The van der Waals surface area contributed by atoms with Gasteiger partial charge in [-0.05, 0) is 39.4 Å². The van der Waals surface area contributed by atoms with Gasteiger partial charge < -0.3 is 19.4 Å². The molecule has 0 N–H and O–H groups in total. The summed E-state index contributed by atoms with van der Waals surface area (Å²) in [5.41, 5.74) is 2.14. The second-order valence-corrected chi connectivity index (χ2v) is 8.78. The number of amides is 2. The van der Waals surface area contributed by atoms with Crippen LogP contribution >= 0.6 is 0 Å². The molecular formula is C25H35N5O3. The monoisotopic (exact) mass is 453 g/mol. The number of benzene rings is 1. The van der Waals surface area contributed by atoms with Gasteiger partial charge in [-0.2, -0.15) is 0 Å². The Hall–Kier alpha value is -2.84. The van der Waals surface area contributed by atoms with Gasteiger partial charge in [0.25, 0.3) is 5.91 Å². The summed E-state index contributed by atoms with van der Waals surface area (Å²) < 4.78 is 5.76. The van der Waals surface area contributed by atoms with E-state index in [1.807, 2.05) is 56.3 Å². The molecule has 0 aliphatic carbocycles. The first-order valence-electron chi connectivity index (χ1n) is 11.6. The molecule has 0 spiro atoms. The third kappa shape index (κ3) is 7.91. The van der Waals surface area contributed by atoms with Crippen molar-refractivity contribution in [3.63, 3.8) is 0 Å². The first kappa shape index (κ1) is 24.8. The zero-order valence-electron chi connectivity index (χ0n) is 19.9. The van der Waals surface area contributed by atoms with Crippen LogP contribution in [0.1, 0.15) is 41.0 Å². The van der Waals surface area contributed by atoms with Gasteiger partial charge in [0.2, 0.25) is 5.91 Å². The normalized spacial score (nSPS) is 15.6. The van der Waals surface area contributed by atoms with Crippen LogP contribution < -0.4 is 0 Å². The third-order valence-corrected chi connectivity index (χ3v) is 5.72.